The van der Waals surface area contributed by atoms with Crippen molar-refractivity contribution in [3.8, 4) is 11.3 Å². The Bertz CT molecular complexity index is 688. The minimum Gasteiger partial charge on any atom is -0.345 e. The van der Waals surface area contributed by atoms with Crippen molar-refractivity contribution in [3.63, 3.8) is 0 Å². The summed E-state index contributed by atoms with van der Waals surface area (Å²) >= 11 is 1.68. The molecular formula is C16H15N3OS. The smallest absolute Gasteiger partial charge is 0.224 e. The lowest BCUT2D eigenvalue weighted by Crippen LogP contribution is -2.11. The van der Waals surface area contributed by atoms with Gasteiger partial charge in [0.15, 0.2) is 0 Å². The number of nitrogens with one attached hydrogen (secondary N) is 2. The second-order valence-electron chi connectivity index (χ2n) is 4.67. The molecule has 0 aliphatic carbocycles. The van der Waals surface area contributed by atoms with Crippen molar-refractivity contribution in [1.29, 1.82) is 0 Å². The van der Waals surface area contributed by atoms with E-state index < -0.39 is 0 Å². The van der Waals surface area contributed by atoms with Crippen molar-refractivity contribution in [1.82, 2.24) is 9.97 Å². The standard InChI is InChI=1S/C16H15N3OS/c20-16(8-7-14-2-1-9-21-14)19-13-5-3-12(4-6-13)15-10-17-11-18-15/h1-6,9-11H,7-8H2,(H,17,18)(H,19,20). The molecule has 5 heteroatoms. The van der Waals surface area contributed by atoms with E-state index in [0.29, 0.717) is 6.42 Å². The van der Waals surface area contributed by atoms with E-state index in [0.717, 1.165) is 23.4 Å². The number of hydrogen-bond acceptors (Lipinski definition) is 3. The number of rotatable bonds is 5. The monoisotopic (exact) mass is 297 g/mol. The van der Waals surface area contributed by atoms with Crippen molar-refractivity contribution >= 4 is 22.9 Å². The lowest BCUT2D eigenvalue weighted by molar-refractivity contribution is -0.116. The minimum absolute atomic E-state index is 0.0395. The van der Waals surface area contributed by atoms with Crippen molar-refractivity contribution < 1.29 is 4.79 Å². The van der Waals surface area contributed by atoms with Crippen LogP contribution in [0.2, 0.25) is 0 Å². The summed E-state index contributed by atoms with van der Waals surface area (Å²) in [7, 11) is 0. The summed E-state index contributed by atoms with van der Waals surface area (Å²) in [5.41, 5.74) is 2.82. The lowest BCUT2D eigenvalue weighted by atomic mass is 10.1. The molecular weight excluding hydrogens is 282 g/mol. The molecule has 0 bridgehead atoms. The number of H-pyrrole nitrogens is 1. The maximum Gasteiger partial charge on any atom is 0.224 e. The molecule has 0 unspecified atom stereocenters. The zero-order valence-electron chi connectivity index (χ0n) is 11.4. The van der Waals surface area contributed by atoms with Crippen molar-refractivity contribution in [3.05, 3.63) is 59.2 Å². The Labute approximate surface area is 126 Å². The van der Waals surface area contributed by atoms with Crippen LogP contribution < -0.4 is 5.32 Å². The van der Waals surface area contributed by atoms with Crippen LogP contribution in [0.15, 0.2) is 54.3 Å². The quantitative estimate of drug-likeness (QED) is 0.754. The number of imidazole rings is 1. The van der Waals surface area contributed by atoms with Gasteiger partial charge in [0.05, 0.1) is 18.2 Å². The molecule has 106 valence electrons. The van der Waals surface area contributed by atoms with Crippen LogP contribution >= 0.6 is 11.3 Å². The molecule has 0 atom stereocenters. The van der Waals surface area contributed by atoms with Crippen LogP contribution in [0.4, 0.5) is 5.69 Å². The topological polar surface area (TPSA) is 57.8 Å². The maximum absolute atomic E-state index is 11.9. The van der Waals surface area contributed by atoms with Crippen LogP contribution in [0.1, 0.15) is 11.3 Å². The molecule has 0 fully saturated rings. The zero-order chi connectivity index (χ0) is 14.5. The van der Waals surface area contributed by atoms with Crippen LogP contribution in [0.25, 0.3) is 11.3 Å². The highest BCUT2D eigenvalue weighted by Gasteiger charge is 2.04. The number of aryl methyl sites for hydroxylation is 1. The number of aromatic amines is 1. The molecule has 3 rings (SSSR count). The maximum atomic E-state index is 11.9. The fraction of sp³-hybridized carbons (Fsp3) is 0.125. The van der Waals surface area contributed by atoms with E-state index in [4.69, 9.17) is 0 Å². The van der Waals surface area contributed by atoms with E-state index >= 15 is 0 Å². The Balaban J connectivity index is 1.56. The molecule has 2 N–H and O–H groups in total. The zero-order valence-corrected chi connectivity index (χ0v) is 12.2. The molecule has 2 aromatic heterocycles. The van der Waals surface area contributed by atoms with Gasteiger partial charge in [-0.3, -0.25) is 4.79 Å². The Morgan fingerprint density at radius 3 is 2.76 bits per heavy atom. The van der Waals surface area contributed by atoms with E-state index in [2.05, 4.69) is 21.4 Å². The van der Waals surface area contributed by atoms with Gasteiger partial charge in [-0.2, -0.15) is 0 Å². The van der Waals surface area contributed by atoms with Crippen molar-refractivity contribution in [2.75, 3.05) is 5.32 Å². The van der Waals surface area contributed by atoms with Gasteiger partial charge in [-0.05, 0) is 35.6 Å². The predicted molar refractivity (Wildman–Crippen MR) is 85.3 cm³/mol. The molecule has 1 amide bonds. The van der Waals surface area contributed by atoms with E-state index in [9.17, 15) is 4.79 Å². The molecule has 3 aromatic rings. The summed E-state index contributed by atoms with van der Waals surface area (Å²) in [4.78, 5) is 20.2. The molecule has 4 nitrogen and oxygen atoms in total. The SMILES string of the molecule is O=C(CCc1cccs1)Nc1ccc(-c2cnc[nH]2)cc1. The number of benzene rings is 1. The van der Waals surface area contributed by atoms with Crippen LogP contribution in [0.3, 0.4) is 0 Å². The number of carbonyl (C=O) groups is 1. The highest BCUT2D eigenvalue weighted by molar-refractivity contribution is 7.09. The largest absolute Gasteiger partial charge is 0.345 e. The first-order valence-electron chi connectivity index (χ1n) is 6.72. The number of nitrogens with zero attached hydrogens (tertiary/aromatic N) is 1. The molecule has 1 aromatic carbocycles. The van der Waals surface area contributed by atoms with Gasteiger partial charge in [0.25, 0.3) is 0 Å². The number of amides is 1. The van der Waals surface area contributed by atoms with Gasteiger partial charge in [-0.1, -0.05) is 18.2 Å². The number of anilines is 1. The highest BCUT2D eigenvalue weighted by Crippen LogP contribution is 2.19. The Morgan fingerprint density at radius 2 is 2.10 bits per heavy atom. The van der Waals surface area contributed by atoms with Crippen LogP contribution in [-0.2, 0) is 11.2 Å². The predicted octanol–water partition coefficient (Wildman–Crippen LogP) is 3.71. The van der Waals surface area contributed by atoms with E-state index in [-0.39, 0.29) is 5.91 Å². The normalized spacial score (nSPS) is 10.5. The van der Waals surface area contributed by atoms with E-state index in [1.165, 1.54) is 4.88 Å². The average Bonchev–Trinajstić information content (AvgIpc) is 3.19. The summed E-state index contributed by atoms with van der Waals surface area (Å²) < 4.78 is 0. The third-order valence-corrected chi connectivity index (χ3v) is 4.09. The first-order chi connectivity index (χ1) is 10.3. The second-order valence-corrected chi connectivity index (χ2v) is 5.70. The highest BCUT2D eigenvalue weighted by atomic mass is 32.1. The minimum atomic E-state index is 0.0395. The summed E-state index contributed by atoms with van der Waals surface area (Å²) in [6.07, 6.45) is 4.71. The van der Waals surface area contributed by atoms with Crippen molar-refractivity contribution in [2.24, 2.45) is 0 Å². The average molecular weight is 297 g/mol. The van der Waals surface area contributed by atoms with E-state index in [1.807, 2.05) is 35.7 Å². The molecule has 2 heterocycles. The number of thiophene rings is 1. The fourth-order valence-corrected chi connectivity index (χ4v) is 2.77. The Hall–Kier alpha value is -2.40. The number of carbonyl (C=O) groups excluding carboxylic acids is 1. The molecule has 0 aliphatic heterocycles. The molecule has 0 spiro atoms. The van der Waals surface area contributed by atoms with Crippen LogP contribution in [0, 0.1) is 0 Å². The summed E-state index contributed by atoms with van der Waals surface area (Å²) in [6, 6.07) is 11.8. The number of hydrogen-bond donors (Lipinski definition) is 2. The van der Waals surface area contributed by atoms with Gasteiger partial charge in [0.2, 0.25) is 5.91 Å². The lowest BCUT2D eigenvalue weighted by Gasteiger charge is -2.05. The molecule has 0 aliphatic rings. The van der Waals surface area contributed by atoms with Crippen molar-refractivity contribution in [2.45, 2.75) is 12.8 Å². The van der Waals surface area contributed by atoms with Gasteiger partial charge >= 0.3 is 0 Å². The Kier molecular flexibility index (Phi) is 4.12. The number of aromatic nitrogens is 2. The van der Waals surface area contributed by atoms with Gasteiger partial charge in [0, 0.05) is 17.0 Å². The molecule has 0 radical (unpaired) electrons. The second kappa shape index (κ2) is 6.37. The summed E-state index contributed by atoms with van der Waals surface area (Å²) in [6.45, 7) is 0. The third kappa shape index (κ3) is 3.58. The molecule has 0 saturated carbocycles. The van der Waals surface area contributed by atoms with Crippen LogP contribution in [-0.4, -0.2) is 15.9 Å². The Morgan fingerprint density at radius 1 is 1.24 bits per heavy atom. The van der Waals surface area contributed by atoms with E-state index in [1.54, 1.807) is 23.9 Å². The molecule has 21 heavy (non-hydrogen) atoms. The summed E-state index contributed by atoms with van der Waals surface area (Å²) in [5.74, 6) is 0.0395. The van der Waals surface area contributed by atoms with Gasteiger partial charge < -0.3 is 10.3 Å². The third-order valence-electron chi connectivity index (χ3n) is 3.16. The molecule has 0 saturated heterocycles. The van der Waals surface area contributed by atoms with Gasteiger partial charge in [-0.15, -0.1) is 11.3 Å². The van der Waals surface area contributed by atoms with Crippen LogP contribution in [0.5, 0.6) is 0 Å². The first kappa shape index (κ1) is 13.6. The van der Waals surface area contributed by atoms with Gasteiger partial charge in [-0.25, -0.2) is 4.98 Å². The summed E-state index contributed by atoms with van der Waals surface area (Å²) in [5, 5.41) is 4.95. The van der Waals surface area contributed by atoms with Gasteiger partial charge in [0.1, 0.15) is 0 Å². The fourth-order valence-electron chi connectivity index (χ4n) is 2.06. The first-order valence-corrected chi connectivity index (χ1v) is 7.60.